The number of aryl methyl sites for hydroxylation is 2. The molecule has 2 aromatic heterocycles. The number of aromatic nitrogens is 2. The van der Waals surface area contributed by atoms with Crippen molar-refractivity contribution in [3.8, 4) is 22.4 Å². The highest BCUT2D eigenvalue weighted by Crippen LogP contribution is 2.40. The third-order valence-corrected chi connectivity index (χ3v) is 7.73. The largest absolute Gasteiger partial charge is 0.345 e. The van der Waals surface area contributed by atoms with Crippen molar-refractivity contribution in [3.63, 3.8) is 0 Å². The summed E-state index contributed by atoms with van der Waals surface area (Å²) in [6, 6.07) is 26.9. The van der Waals surface area contributed by atoms with Crippen LogP contribution in [-0.2, 0) is 13.0 Å². The predicted molar refractivity (Wildman–Crippen MR) is 154 cm³/mol. The number of benzene rings is 3. The van der Waals surface area contributed by atoms with E-state index in [1.165, 1.54) is 33.6 Å². The fourth-order valence-electron chi connectivity index (χ4n) is 5.10. The van der Waals surface area contributed by atoms with Crippen LogP contribution in [0.5, 0.6) is 0 Å². The van der Waals surface area contributed by atoms with E-state index in [1.807, 2.05) is 24.3 Å². The van der Waals surface area contributed by atoms with Crippen LogP contribution in [0.2, 0.25) is 5.02 Å². The van der Waals surface area contributed by atoms with Crippen molar-refractivity contribution in [3.05, 3.63) is 106 Å². The summed E-state index contributed by atoms with van der Waals surface area (Å²) in [7, 11) is 0. The van der Waals surface area contributed by atoms with Crippen molar-refractivity contribution in [1.29, 1.82) is 0 Å². The van der Waals surface area contributed by atoms with E-state index < -0.39 is 0 Å². The average Bonchev–Trinajstić information content (AvgIpc) is 3.29. The van der Waals surface area contributed by atoms with Crippen molar-refractivity contribution < 1.29 is 0 Å². The summed E-state index contributed by atoms with van der Waals surface area (Å²) < 4.78 is 5.87. The van der Waals surface area contributed by atoms with Crippen molar-refractivity contribution in [2.24, 2.45) is 0 Å². The molecule has 1 aliphatic heterocycles. The maximum Gasteiger partial charge on any atom is 0.128 e. The van der Waals surface area contributed by atoms with Crippen molar-refractivity contribution >= 4 is 56.1 Å². The number of imidazole rings is 1. The van der Waals surface area contributed by atoms with Gasteiger partial charge in [0.1, 0.15) is 10.6 Å². The molecule has 0 bridgehead atoms. The van der Waals surface area contributed by atoms with Gasteiger partial charge in [-0.15, -0.1) is 0 Å². The topological polar surface area (TPSA) is 21.4 Å². The zero-order valence-corrected chi connectivity index (χ0v) is 22.1. The number of rotatable bonds is 4. The molecule has 0 saturated carbocycles. The highest BCUT2D eigenvalue weighted by atomic mass is 79.9. The van der Waals surface area contributed by atoms with Crippen LogP contribution >= 0.6 is 39.7 Å². The van der Waals surface area contributed by atoms with Crippen LogP contribution in [0, 0.1) is 0 Å². The number of halogens is 2. The molecule has 0 atom stereocenters. The maximum absolute atomic E-state index is 6.11. The van der Waals surface area contributed by atoms with E-state index in [9.17, 15) is 0 Å². The van der Waals surface area contributed by atoms with E-state index in [0.717, 1.165) is 41.7 Å². The van der Waals surface area contributed by atoms with Crippen LogP contribution in [0.3, 0.4) is 0 Å². The molecule has 5 aromatic rings. The van der Waals surface area contributed by atoms with Gasteiger partial charge in [0, 0.05) is 39.1 Å². The van der Waals surface area contributed by atoms with Gasteiger partial charge in [-0.25, -0.2) is 0 Å². The molecule has 0 radical (unpaired) electrons. The smallest absolute Gasteiger partial charge is 0.128 e. The Hall–Kier alpha value is -2.86. The molecule has 0 saturated heterocycles. The summed E-state index contributed by atoms with van der Waals surface area (Å²) in [4.78, 5) is 0.701. The Morgan fingerprint density at radius 1 is 0.886 bits per heavy atom. The first kappa shape index (κ1) is 22.6. The van der Waals surface area contributed by atoms with Crippen molar-refractivity contribution in [2.45, 2.75) is 25.8 Å². The molecule has 0 aliphatic carbocycles. The first-order valence-electron chi connectivity index (χ1n) is 11.7. The average molecular weight is 561 g/mol. The monoisotopic (exact) mass is 559 g/mol. The number of thiocarbonyl (C=S) groups is 1. The Labute approximate surface area is 223 Å². The molecule has 3 aromatic carbocycles. The van der Waals surface area contributed by atoms with Gasteiger partial charge in [-0.3, -0.25) is 4.40 Å². The van der Waals surface area contributed by atoms with Gasteiger partial charge in [-0.2, -0.15) is 0 Å². The van der Waals surface area contributed by atoms with E-state index >= 15 is 0 Å². The van der Waals surface area contributed by atoms with Crippen molar-refractivity contribution in [2.75, 3.05) is 5.32 Å². The Bertz CT molecular complexity index is 1530. The van der Waals surface area contributed by atoms with Crippen LogP contribution in [0.25, 0.3) is 28.0 Å². The molecule has 0 spiro atoms. The second-order valence-electron chi connectivity index (χ2n) is 8.85. The number of hydrogen-bond donors (Lipinski definition) is 1. The van der Waals surface area contributed by atoms with Crippen LogP contribution in [0.15, 0.2) is 89.5 Å². The zero-order chi connectivity index (χ0) is 23.9. The highest BCUT2D eigenvalue weighted by Gasteiger charge is 2.28. The summed E-state index contributed by atoms with van der Waals surface area (Å²) in [5, 5.41) is 4.18. The molecule has 0 unspecified atom stereocenters. The van der Waals surface area contributed by atoms with Gasteiger partial charge in [-0.05, 0) is 66.8 Å². The van der Waals surface area contributed by atoms with Crippen LogP contribution in [0.1, 0.15) is 24.1 Å². The molecule has 1 aliphatic rings. The van der Waals surface area contributed by atoms with E-state index in [2.05, 4.69) is 91.0 Å². The van der Waals surface area contributed by atoms with Gasteiger partial charge in [0.05, 0.1) is 11.4 Å². The Morgan fingerprint density at radius 2 is 1.63 bits per heavy atom. The van der Waals surface area contributed by atoms with E-state index in [-0.39, 0.29) is 0 Å². The normalized spacial score (nSPS) is 13.1. The molecule has 0 amide bonds. The van der Waals surface area contributed by atoms with Crippen LogP contribution in [-0.4, -0.2) is 14.0 Å². The fraction of sp³-hybridized carbons (Fsp3) is 0.138. The highest BCUT2D eigenvalue weighted by molar-refractivity contribution is 9.10. The van der Waals surface area contributed by atoms with Gasteiger partial charge in [0.25, 0.3) is 0 Å². The first-order chi connectivity index (χ1) is 17.1. The van der Waals surface area contributed by atoms with Gasteiger partial charge >= 0.3 is 0 Å². The second-order valence-corrected chi connectivity index (χ2v) is 10.6. The number of nitrogens with one attached hydrogen (secondary N) is 1. The summed E-state index contributed by atoms with van der Waals surface area (Å²) in [6.45, 7) is 0.990. The van der Waals surface area contributed by atoms with E-state index in [4.69, 9.17) is 23.8 Å². The fourth-order valence-corrected chi connectivity index (χ4v) is 5.81. The SMILES string of the molecule is S=C(Nc1ccc(Cl)cc1)c1c(-c2ccccc2)c2c3n(c(-c4ccc(Br)cc4)cn13)CCCC2. The first-order valence-corrected chi connectivity index (χ1v) is 13.3. The minimum Gasteiger partial charge on any atom is -0.345 e. The molecule has 0 fully saturated rings. The summed E-state index contributed by atoms with van der Waals surface area (Å²) >= 11 is 15.8. The Kier molecular flexibility index (Phi) is 6.01. The predicted octanol–water partition coefficient (Wildman–Crippen LogP) is 8.61. The van der Waals surface area contributed by atoms with E-state index in [0.29, 0.717) is 10.0 Å². The lowest BCUT2D eigenvalue weighted by atomic mass is 9.98. The minimum absolute atomic E-state index is 0.701. The van der Waals surface area contributed by atoms with Gasteiger partial charge < -0.3 is 9.88 Å². The lowest BCUT2D eigenvalue weighted by Crippen LogP contribution is -2.14. The van der Waals surface area contributed by atoms with Crippen molar-refractivity contribution in [1.82, 2.24) is 8.97 Å². The van der Waals surface area contributed by atoms with Gasteiger partial charge in [0.15, 0.2) is 0 Å². The third kappa shape index (κ3) is 4.12. The molecule has 3 heterocycles. The number of anilines is 1. The summed E-state index contributed by atoms with van der Waals surface area (Å²) in [5.41, 5.74) is 9.41. The molecule has 174 valence electrons. The standard InChI is InChI=1S/C29H23BrClN3S/c30-21-11-9-19(10-12-21)25-18-34-27(28(35)32-23-15-13-22(31)14-16-23)26(20-6-2-1-3-7-20)24-8-4-5-17-33(25)29(24)34/h1-3,6-7,9-16,18H,4-5,8,17H2,(H,32,35). The minimum atomic E-state index is 0.701. The second kappa shape index (κ2) is 9.30. The zero-order valence-electron chi connectivity index (χ0n) is 19.0. The Balaban J connectivity index is 1.60. The lowest BCUT2D eigenvalue weighted by molar-refractivity contribution is 0.647. The number of nitrogens with zero attached hydrogens (tertiary/aromatic N) is 2. The molecular weight excluding hydrogens is 538 g/mol. The number of hydrogen-bond acceptors (Lipinski definition) is 1. The molecule has 35 heavy (non-hydrogen) atoms. The molecule has 3 nitrogen and oxygen atoms in total. The summed E-state index contributed by atoms with van der Waals surface area (Å²) in [5.74, 6) is 0. The Morgan fingerprint density at radius 3 is 2.37 bits per heavy atom. The molecule has 1 N–H and O–H groups in total. The molecule has 6 rings (SSSR count). The van der Waals surface area contributed by atoms with Gasteiger partial charge in [0.2, 0.25) is 0 Å². The third-order valence-electron chi connectivity index (χ3n) is 6.65. The van der Waals surface area contributed by atoms with E-state index in [1.54, 1.807) is 0 Å². The lowest BCUT2D eigenvalue weighted by Gasteiger charge is -2.12. The van der Waals surface area contributed by atoms with Gasteiger partial charge in [-0.1, -0.05) is 82.2 Å². The quantitative estimate of drug-likeness (QED) is 0.222. The summed E-state index contributed by atoms with van der Waals surface area (Å²) in [6.07, 6.45) is 5.59. The van der Waals surface area contributed by atoms with Crippen LogP contribution < -0.4 is 5.32 Å². The maximum atomic E-state index is 6.11. The molecular formula is C29H23BrClN3S. The molecule has 6 heteroatoms. The van der Waals surface area contributed by atoms with Crippen LogP contribution in [0.4, 0.5) is 5.69 Å².